The van der Waals surface area contributed by atoms with Crippen LogP contribution in [0.3, 0.4) is 0 Å². The first-order valence-electron chi connectivity index (χ1n) is 6.82. The Morgan fingerprint density at radius 3 is 2.70 bits per heavy atom. The molecular formula is C17H12BrClN2O2. The number of anilines is 1. The molecule has 0 aliphatic heterocycles. The minimum atomic E-state index is -0.459. The topological polar surface area (TPSA) is 51.1 Å². The predicted molar refractivity (Wildman–Crippen MR) is 96.3 cm³/mol. The number of benzene rings is 2. The van der Waals surface area contributed by atoms with Gasteiger partial charge in [-0.1, -0.05) is 23.7 Å². The van der Waals surface area contributed by atoms with Gasteiger partial charge in [0.25, 0.3) is 5.91 Å². The van der Waals surface area contributed by atoms with Crippen LogP contribution in [0, 0.1) is 0 Å². The fourth-order valence-electron chi connectivity index (χ4n) is 2.38. The summed E-state index contributed by atoms with van der Waals surface area (Å²) in [5.41, 5.74) is 1.05. The molecule has 0 unspecified atom stereocenters. The van der Waals surface area contributed by atoms with Crippen molar-refractivity contribution in [3.05, 3.63) is 73.9 Å². The molecule has 0 saturated heterocycles. The number of amides is 1. The summed E-state index contributed by atoms with van der Waals surface area (Å²) in [7, 11) is 1.78. The molecule has 1 N–H and O–H groups in total. The number of hydrogen-bond acceptors (Lipinski definition) is 2. The number of fused-ring (bicyclic) bond motifs is 1. The smallest absolute Gasteiger partial charge is 0.261 e. The van der Waals surface area contributed by atoms with Gasteiger partial charge in [-0.25, -0.2) is 0 Å². The third-order valence-corrected chi connectivity index (χ3v) is 4.44. The number of carbonyl (C=O) groups excluding carboxylic acids is 1. The van der Waals surface area contributed by atoms with Crippen molar-refractivity contribution < 1.29 is 4.79 Å². The molecule has 0 aliphatic rings. The number of nitrogens with one attached hydrogen (secondary N) is 1. The fourth-order valence-corrected chi connectivity index (χ4v) is 2.93. The summed E-state index contributed by atoms with van der Waals surface area (Å²) in [5, 5.41) is 3.61. The van der Waals surface area contributed by atoms with Crippen molar-refractivity contribution in [2.45, 2.75) is 0 Å². The third kappa shape index (κ3) is 3.02. The quantitative estimate of drug-likeness (QED) is 0.711. The van der Waals surface area contributed by atoms with Gasteiger partial charge >= 0.3 is 0 Å². The van der Waals surface area contributed by atoms with E-state index in [1.807, 2.05) is 12.1 Å². The van der Waals surface area contributed by atoms with Crippen molar-refractivity contribution in [1.82, 2.24) is 4.57 Å². The zero-order chi connectivity index (χ0) is 16.6. The Morgan fingerprint density at radius 1 is 1.22 bits per heavy atom. The van der Waals surface area contributed by atoms with Crippen molar-refractivity contribution in [3.8, 4) is 0 Å². The molecule has 116 valence electrons. The predicted octanol–water partition coefficient (Wildman–Crippen LogP) is 4.21. The van der Waals surface area contributed by atoms with Crippen LogP contribution in [0.2, 0.25) is 5.02 Å². The molecule has 0 aliphatic carbocycles. The second-order valence-corrected chi connectivity index (χ2v) is 6.37. The van der Waals surface area contributed by atoms with Crippen LogP contribution in [0.4, 0.5) is 5.69 Å². The van der Waals surface area contributed by atoms with Crippen LogP contribution in [0.25, 0.3) is 10.9 Å². The summed E-state index contributed by atoms with van der Waals surface area (Å²) < 4.78 is 2.48. The number of rotatable bonds is 2. The maximum Gasteiger partial charge on any atom is 0.261 e. The van der Waals surface area contributed by atoms with Crippen molar-refractivity contribution >= 4 is 50.0 Å². The number of aryl methyl sites for hydroxylation is 1. The molecule has 0 fully saturated rings. The van der Waals surface area contributed by atoms with Gasteiger partial charge in [0.15, 0.2) is 0 Å². The summed E-state index contributed by atoms with van der Waals surface area (Å²) in [4.78, 5) is 25.1. The second kappa shape index (κ2) is 6.18. The minimum absolute atomic E-state index is 0.0676. The molecule has 3 aromatic rings. The van der Waals surface area contributed by atoms with Gasteiger partial charge in [-0.05, 0) is 46.3 Å². The molecule has 1 heterocycles. The molecule has 0 spiro atoms. The molecule has 0 atom stereocenters. The standard InChI is InChI=1S/C17H12BrClN2O2/c1-21-9-12(16(22)11-8-10(19)6-7-15(11)21)17(23)20-14-5-3-2-4-13(14)18/h2-9H,1H3,(H,20,23). The molecule has 2 aromatic carbocycles. The monoisotopic (exact) mass is 390 g/mol. The molecule has 3 rings (SSSR count). The van der Waals surface area contributed by atoms with Gasteiger partial charge in [0.05, 0.1) is 11.2 Å². The fraction of sp³-hybridized carbons (Fsp3) is 0.0588. The van der Waals surface area contributed by atoms with Gasteiger partial charge in [0.1, 0.15) is 5.56 Å². The lowest BCUT2D eigenvalue weighted by Gasteiger charge is -2.10. The Labute approximate surface area is 145 Å². The minimum Gasteiger partial charge on any atom is -0.350 e. The van der Waals surface area contributed by atoms with Crippen LogP contribution in [0.1, 0.15) is 10.4 Å². The maximum atomic E-state index is 12.6. The van der Waals surface area contributed by atoms with Gasteiger partial charge in [0.2, 0.25) is 5.43 Å². The zero-order valence-corrected chi connectivity index (χ0v) is 14.5. The molecule has 0 bridgehead atoms. The first kappa shape index (κ1) is 15.8. The molecule has 0 radical (unpaired) electrons. The molecule has 6 heteroatoms. The van der Waals surface area contributed by atoms with E-state index in [1.165, 1.54) is 6.20 Å². The molecule has 23 heavy (non-hydrogen) atoms. The zero-order valence-electron chi connectivity index (χ0n) is 12.1. The molecule has 1 aromatic heterocycles. The first-order valence-corrected chi connectivity index (χ1v) is 7.99. The van der Waals surface area contributed by atoms with Gasteiger partial charge in [-0.3, -0.25) is 9.59 Å². The van der Waals surface area contributed by atoms with E-state index >= 15 is 0 Å². The van der Waals surface area contributed by atoms with Crippen molar-refractivity contribution in [3.63, 3.8) is 0 Å². The lowest BCUT2D eigenvalue weighted by molar-refractivity contribution is 0.102. The highest BCUT2D eigenvalue weighted by Gasteiger charge is 2.15. The molecule has 4 nitrogen and oxygen atoms in total. The van der Waals surface area contributed by atoms with E-state index in [9.17, 15) is 9.59 Å². The lowest BCUT2D eigenvalue weighted by atomic mass is 10.1. The van der Waals surface area contributed by atoms with E-state index in [4.69, 9.17) is 11.6 Å². The Kier molecular flexibility index (Phi) is 4.24. The molecule has 1 amide bonds. The SMILES string of the molecule is Cn1cc(C(=O)Nc2ccccc2Br)c(=O)c2cc(Cl)ccc21. The van der Waals surface area contributed by atoms with E-state index in [2.05, 4.69) is 21.2 Å². The highest BCUT2D eigenvalue weighted by Crippen LogP contribution is 2.22. The van der Waals surface area contributed by atoms with E-state index in [0.29, 0.717) is 16.1 Å². The average molecular weight is 392 g/mol. The van der Waals surface area contributed by atoms with Crippen LogP contribution in [0.15, 0.2) is 57.9 Å². The van der Waals surface area contributed by atoms with Gasteiger partial charge in [-0.15, -0.1) is 0 Å². The van der Waals surface area contributed by atoms with E-state index < -0.39 is 5.91 Å². The van der Waals surface area contributed by atoms with E-state index in [1.54, 1.807) is 41.9 Å². The largest absolute Gasteiger partial charge is 0.350 e. The van der Waals surface area contributed by atoms with Crippen molar-refractivity contribution in [2.75, 3.05) is 5.32 Å². The average Bonchev–Trinajstić information content (AvgIpc) is 2.53. The maximum absolute atomic E-state index is 12.6. The van der Waals surface area contributed by atoms with Crippen LogP contribution in [-0.2, 0) is 7.05 Å². The van der Waals surface area contributed by atoms with Crippen molar-refractivity contribution in [1.29, 1.82) is 0 Å². The Bertz CT molecular complexity index is 982. The molecule has 0 saturated carbocycles. The summed E-state index contributed by atoms with van der Waals surface area (Å²) >= 11 is 9.33. The third-order valence-electron chi connectivity index (χ3n) is 3.52. The van der Waals surface area contributed by atoms with Crippen LogP contribution in [-0.4, -0.2) is 10.5 Å². The number of hydrogen-bond donors (Lipinski definition) is 1. The van der Waals surface area contributed by atoms with Crippen LogP contribution in [0.5, 0.6) is 0 Å². The normalized spacial score (nSPS) is 10.7. The summed E-state index contributed by atoms with van der Waals surface area (Å²) in [6.45, 7) is 0. The Hall–Kier alpha value is -2.11. The number of carbonyl (C=O) groups is 1. The number of aromatic nitrogens is 1. The second-order valence-electron chi connectivity index (χ2n) is 5.08. The highest BCUT2D eigenvalue weighted by molar-refractivity contribution is 9.10. The number of nitrogens with zero attached hydrogens (tertiary/aromatic N) is 1. The lowest BCUT2D eigenvalue weighted by Crippen LogP contribution is -2.23. The van der Waals surface area contributed by atoms with Gasteiger partial charge < -0.3 is 9.88 Å². The van der Waals surface area contributed by atoms with Crippen molar-refractivity contribution in [2.24, 2.45) is 7.05 Å². The van der Waals surface area contributed by atoms with Gasteiger partial charge in [0, 0.05) is 28.1 Å². The summed E-state index contributed by atoms with van der Waals surface area (Å²) in [6, 6.07) is 12.3. The molecular weight excluding hydrogens is 380 g/mol. The first-order chi connectivity index (χ1) is 11.0. The van der Waals surface area contributed by atoms with Crippen LogP contribution < -0.4 is 10.7 Å². The highest BCUT2D eigenvalue weighted by atomic mass is 79.9. The number of para-hydroxylation sites is 1. The number of pyridine rings is 1. The van der Waals surface area contributed by atoms with Gasteiger partial charge in [-0.2, -0.15) is 0 Å². The number of halogens is 2. The summed E-state index contributed by atoms with van der Waals surface area (Å²) in [5.74, 6) is -0.459. The van der Waals surface area contributed by atoms with E-state index in [0.717, 1.165) is 9.99 Å². The Balaban J connectivity index is 2.09. The van der Waals surface area contributed by atoms with Crippen LogP contribution >= 0.6 is 27.5 Å². The Morgan fingerprint density at radius 2 is 1.96 bits per heavy atom. The summed E-state index contributed by atoms with van der Waals surface area (Å²) in [6.07, 6.45) is 1.53. The van der Waals surface area contributed by atoms with E-state index in [-0.39, 0.29) is 11.0 Å².